The fourth-order valence-electron chi connectivity index (χ4n) is 4.29. The second-order valence-electron chi connectivity index (χ2n) is 7.27. The van der Waals surface area contributed by atoms with Gasteiger partial charge in [-0.15, -0.1) is 0 Å². The number of hydrogen-bond donors (Lipinski definition) is 1. The van der Waals surface area contributed by atoms with Crippen LogP contribution in [0.3, 0.4) is 0 Å². The van der Waals surface area contributed by atoms with E-state index in [1.807, 2.05) is 6.07 Å². The first-order valence-electron chi connectivity index (χ1n) is 9.22. The maximum absolute atomic E-state index is 12.0. The summed E-state index contributed by atoms with van der Waals surface area (Å²) in [5.74, 6) is 2.63. The monoisotopic (exact) mass is 361 g/mol. The van der Waals surface area contributed by atoms with Gasteiger partial charge >= 0.3 is 5.97 Å². The number of ether oxygens (including phenoxy) is 3. The van der Waals surface area contributed by atoms with Gasteiger partial charge in [-0.2, -0.15) is 0 Å². The Morgan fingerprint density at radius 1 is 1.12 bits per heavy atom. The fourth-order valence-corrected chi connectivity index (χ4v) is 4.29. The highest BCUT2D eigenvalue weighted by molar-refractivity contribution is 5.80. The molecule has 2 aliphatic carbocycles. The van der Waals surface area contributed by atoms with Crippen molar-refractivity contribution < 1.29 is 23.8 Å². The van der Waals surface area contributed by atoms with Crippen molar-refractivity contribution in [1.29, 1.82) is 0 Å². The van der Waals surface area contributed by atoms with Gasteiger partial charge in [0.05, 0.1) is 14.2 Å². The largest absolute Gasteiger partial charge is 0.493 e. The van der Waals surface area contributed by atoms with E-state index in [2.05, 4.69) is 5.32 Å². The Balaban J connectivity index is 1.38. The lowest BCUT2D eigenvalue weighted by Gasteiger charge is -2.20. The summed E-state index contributed by atoms with van der Waals surface area (Å²) in [7, 11) is 3.14. The fraction of sp³-hybridized carbons (Fsp3) is 0.600. The molecule has 0 saturated heterocycles. The molecule has 0 unspecified atom stereocenters. The summed E-state index contributed by atoms with van der Waals surface area (Å²) in [5, 5.41) is 2.75. The minimum atomic E-state index is -0.305. The molecule has 0 spiro atoms. The number of fused-ring (bicyclic) bond motifs is 2. The molecule has 1 aromatic rings. The van der Waals surface area contributed by atoms with Crippen molar-refractivity contribution in [1.82, 2.24) is 5.32 Å². The zero-order valence-electron chi connectivity index (χ0n) is 15.5. The highest BCUT2D eigenvalue weighted by Crippen LogP contribution is 2.49. The number of benzene rings is 1. The van der Waals surface area contributed by atoms with Crippen LogP contribution in [0, 0.1) is 17.8 Å². The van der Waals surface area contributed by atoms with E-state index in [1.165, 1.54) is 19.3 Å². The molecule has 2 aliphatic rings. The maximum Gasteiger partial charge on any atom is 0.306 e. The second kappa shape index (κ2) is 8.43. The number of nitrogens with one attached hydrogen (secondary N) is 1. The van der Waals surface area contributed by atoms with E-state index in [1.54, 1.807) is 26.4 Å². The lowest BCUT2D eigenvalue weighted by Crippen LogP contribution is -2.29. The Morgan fingerprint density at radius 2 is 1.92 bits per heavy atom. The van der Waals surface area contributed by atoms with Crippen LogP contribution in [-0.2, 0) is 20.9 Å². The van der Waals surface area contributed by atoms with E-state index in [9.17, 15) is 9.59 Å². The zero-order chi connectivity index (χ0) is 18.5. The number of methoxy groups -OCH3 is 2. The summed E-state index contributed by atoms with van der Waals surface area (Å²) in [6, 6.07) is 5.44. The Kier molecular flexibility index (Phi) is 6.01. The Bertz CT molecular complexity index is 660. The molecule has 2 bridgehead atoms. The van der Waals surface area contributed by atoms with Crippen molar-refractivity contribution in [3.05, 3.63) is 23.8 Å². The summed E-state index contributed by atoms with van der Waals surface area (Å²) in [6.07, 6.45) is 5.42. The first-order chi connectivity index (χ1) is 12.6. The highest BCUT2D eigenvalue weighted by atomic mass is 16.5. The quantitative estimate of drug-likeness (QED) is 0.721. The number of amides is 1. The summed E-state index contributed by atoms with van der Waals surface area (Å²) in [5.41, 5.74) is 0.879. The molecule has 6 heteroatoms. The van der Waals surface area contributed by atoms with Crippen LogP contribution in [0.5, 0.6) is 11.5 Å². The van der Waals surface area contributed by atoms with Crippen LogP contribution < -0.4 is 14.8 Å². The van der Waals surface area contributed by atoms with Crippen molar-refractivity contribution in [3.63, 3.8) is 0 Å². The van der Waals surface area contributed by atoms with Gasteiger partial charge in [0.2, 0.25) is 0 Å². The first-order valence-corrected chi connectivity index (χ1v) is 9.22. The maximum atomic E-state index is 12.0. The average Bonchev–Trinajstić information content (AvgIpc) is 3.27. The van der Waals surface area contributed by atoms with Gasteiger partial charge in [0.1, 0.15) is 0 Å². The molecule has 26 heavy (non-hydrogen) atoms. The highest BCUT2D eigenvalue weighted by Gasteiger charge is 2.40. The molecule has 1 aromatic carbocycles. The Morgan fingerprint density at radius 3 is 2.58 bits per heavy atom. The normalized spacial score (nSPS) is 23.5. The third kappa shape index (κ3) is 4.48. The van der Waals surface area contributed by atoms with E-state index < -0.39 is 0 Å². The Labute approximate surface area is 154 Å². The van der Waals surface area contributed by atoms with Crippen molar-refractivity contribution in [2.75, 3.05) is 20.8 Å². The van der Waals surface area contributed by atoms with Crippen LogP contribution >= 0.6 is 0 Å². The minimum absolute atomic E-state index is 0.229. The molecule has 142 valence electrons. The molecule has 2 saturated carbocycles. The predicted octanol–water partition coefficient (Wildman–Crippen LogP) is 2.69. The van der Waals surface area contributed by atoms with E-state index in [0.717, 1.165) is 17.9 Å². The molecule has 1 N–H and O–H groups in total. The molecule has 0 heterocycles. The van der Waals surface area contributed by atoms with Crippen LogP contribution in [0.1, 0.15) is 37.7 Å². The van der Waals surface area contributed by atoms with Gasteiger partial charge in [0, 0.05) is 13.0 Å². The lowest BCUT2D eigenvalue weighted by atomic mass is 9.86. The van der Waals surface area contributed by atoms with E-state index >= 15 is 0 Å². The van der Waals surface area contributed by atoms with E-state index in [0.29, 0.717) is 36.3 Å². The lowest BCUT2D eigenvalue weighted by molar-refractivity contribution is -0.149. The van der Waals surface area contributed by atoms with Crippen LogP contribution in [0.2, 0.25) is 0 Å². The summed E-state index contributed by atoms with van der Waals surface area (Å²) in [6.45, 7) is 0.107. The summed E-state index contributed by atoms with van der Waals surface area (Å²) >= 11 is 0. The van der Waals surface area contributed by atoms with Crippen molar-refractivity contribution in [2.24, 2.45) is 17.8 Å². The van der Waals surface area contributed by atoms with Crippen LogP contribution in [0.15, 0.2) is 18.2 Å². The van der Waals surface area contributed by atoms with Gasteiger partial charge in [0.15, 0.2) is 18.1 Å². The molecule has 1 amide bonds. The van der Waals surface area contributed by atoms with Crippen molar-refractivity contribution in [2.45, 2.75) is 38.6 Å². The average molecular weight is 361 g/mol. The molecule has 0 radical (unpaired) electrons. The van der Waals surface area contributed by atoms with Gasteiger partial charge in [0.25, 0.3) is 5.91 Å². The topological polar surface area (TPSA) is 73.9 Å². The Hall–Kier alpha value is -2.24. The summed E-state index contributed by atoms with van der Waals surface area (Å²) in [4.78, 5) is 23.9. The molecule has 2 fully saturated rings. The molecule has 0 aliphatic heterocycles. The van der Waals surface area contributed by atoms with Gasteiger partial charge in [-0.05, 0) is 54.7 Å². The van der Waals surface area contributed by atoms with Gasteiger partial charge < -0.3 is 19.5 Å². The molecular weight excluding hydrogens is 334 g/mol. The van der Waals surface area contributed by atoms with Crippen LogP contribution in [-0.4, -0.2) is 32.7 Å². The molecule has 3 atom stereocenters. The number of carbonyl (C=O) groups is 2. The van der Waals surface area contributed by atoms with Crippen molar-refractivity contribution in [3.8, 4) is 11.5 Å². The number of carbonyl (C=O) groups excluding carboxylic acids is 2. The molecular formula is C20H27NO5. The SMILES string of the molecule is COc1ccc(CNC(=O)COC(=O)C[C@H]2C[C@@H]3CC[C@@H]2C3)cc1OC. The molecule has 6 nitrogen and oxygen atoms in total. The molecule has 3 rings (SSSR count). The number of hydrogen-bond acceptors (Lipinski definition) is 5. The standard InChI is InChI=1S/C20H27NO5/c1-24-17-6-4-14(9-18(17)25-2)11-21-19(22)12-26-20(23)10-16-8-13-3-5-15(16)7-13/h4,6,9,13,15-16H,3,5,7-8,10-12H2,1-2H3,(H,21,22)/t13-,15-,16-/m1/s1. The second-order valence-corrected chi connectivity index (χ2v) is 7.27. The predicted molar refractivity (Wildman–Crippen MR) is 95.9 cm³/mol. The summed E-state index contributed by atoms with van der Waals surface area (Å²) < 4.78 is 15.6. The van der Waals surface area contributed by atoms with Crippen molar-refractivity contribution >= 4 is 11.9 Å². The van der Waals surface area contributed by atoms with Gasteiger partial charge in [-0.25, -0.2) is 0 Å². The third-order valence-corrected chi connectivity index (χ3v) is 5.62. The smallest absolute Gasteiger partial charge is 0.306 e. The van der Waals surface area contributed by atoms with Crippen LogP contribution in [0.25, 0.3) is 0 Å². The molecule has 0 aromatic heterocycles. The van der Waals surface area contributed by atoms with E-state index in [-0.39, 0.29) is 18.5 Å². The first kappa shape index (κ1) is 18.5. The van der Waals surface area contributed by atoms with Crippen LogP contribution in [0.4, 0.5) is 0 Å². The number of rotatable bonds is 8. The number of esters is 1. The minimum Gasteiger partial charge on any atom is -0.493 e. The third-order valence-electron chi connectivity index (χ3n) is 5.62. The van der Waals surface area contributed by atoms with Gasteiger partial charge in [-0.3, -0.25) is 9.59 Å². The zero-order valence-corrected chi connectivity index (χ0v) is 15.5. The van der Waals surface area contributed by atoms with Gasteiger partial charge in [-0.1, -0.05) is 12.5 Å². The van der Waals surface area contributed by atoms with E-state index in [4.69, 9.17) is 14.2 Å².